The lowest BCUT2D eigenvalue weighted by Gasteiger charge is -2.23. The van der Waals surface area contributed by atoms with E-state index in [0.29, 0.717) is 0 Å². The van der Waals surface area contributed by atoms with Crippen LogP contribution < -0.4 is 10.2 Å². The zero-order valence-electron chi connectivity index (χ0n) is 13.5. The maximum Gasteiger partial charge on any atom is 0.242 e. The topological polar surface area (TPSA) is 58.1 Å². The van der Waals surface area contributed by atoms with Crippen molar-refractivity contribution in [2.24, 2.45) is 0 Å². The van der Waals surface area contributed by atoms with Crippen LogP contribution in [-0.4, -0.2) is 33.9 Å². The summed E-state index contributed by atoms with van der Waals surface area (Å²) in [5.41, 5.74) is 1.20. The van der Waals surface area contributed by atoms with Crippen LogP contribution >= 0.6 is 11.5 Å². The molecule has 0 bridgehead atoms. The van der Waals surface area contributed by atoms with Crippen molar-refractivity contribution in [2.75, 3.05) is 11.4 Å². The number of amides is 1. The van der Waals surface area contributed by atoms with Gasteiger partial charge in [0.2, 0.25) is 11.0 Å². The second-order valence-corrected chi connectivity index (χ2v) is 6.90. The second-order valence-electron chi connectivity index (χ2n) is 6.17. The number of nitrogens with one attached hydrogen (secondary N) is 1. The van der Waals surface area contributed by atoms with Crippen LogP contribution in [0.15, 0.2) is 30.3 Å². The molecule has 23 heavy (non-hydrogen) atoms. The van der Waals surface area contributed by atoms with E-state index in [4.69, 9.17) is 0 Å². The molecule has 0 aliphatic carbocycles. The van der Waals surface area contributed by atoms with E-state index in [1.807, 2.05) is 32.0 Å². The Labute approximate surface area is 140 Å². The van der Waals surface area contributed by atoms with Crippen LogP contribution in [-0.2, 0) is 11.2 Å². The molecule has 6 heteroatoms. The molecule has 1 aliphatic heterocycles. The number of carbonyl (C=O) groups excluding carboxylic acids is 1. The van der Waals surface area contributed by atoms with Gasteiger partial charge in [-0.15, -0.1) is 0 Å². The van der Waals surface area contributed by atoms with Gasteiger partial charge in [-0.3, -0.25) is 4.79 Å². The smallest absolute Gasteiger partial charge is 0.242 e. The summed E-state index contributed by atoms with van der Waals surface area (Å²) in [5, 5.41) is 3.87. The van der Waals surface area contributed by atoms with E-state index in [1.54, 1.807) is 0 Å². The van der Waals surface area contributed by atoms with Gasteiger partial charge in [-0.25, -0.2) is 4.98 Å². The molecule has 1 aromatic heterocycles. The molecule has 0 saturated carbocycles. The molecule has 1 fully saturated rings. The normalized spacial score (nSPS) is 17.7. The first-order valence-corrected chi connectivity index (χ1v) is 8.84. The van der Waals surface area contributed by atoms with E-state index >= 15 is 0 Å². The molecular formula is C17H22N4OS. The van der Waals surface area contributed by atoms with Crippen LogP contribution in [0.4, 0.5) is 5.13 Å². The number of anilines is 1. The molecule has 1 unspecified atom stereocenters. The molecule has 1 aliphatic rings. The summed E-state index contributed by atoms with van der Waals surface area (Å²) in [7, 11) is 0. The van der Waals surface area contributed by atoms with Gasteiger partial charge in [-0.2, -0.15) is 4.37 Å². The largest absolute Gasteiger partial charge is 0.352 e. The maximum atomic E-state index is 12.3. The standard InChI is InChI=1S/C17H22N4OS/c1-12(2)18-16(22)14-9-6-10-21(14)17-19-15(20-23-17)11-13-7-4-3-5-8-13/h3-5,7-8,12,14H,6,9-11H2,1-2H3,(H,18,22). The zero-order chi connectivity index (χ0) is 16.2. The minimum atomic E-state index is -0.116. The lowest BCUT2D eigenvalue weighted by atomic mass is 10.1. The van der Waals surface area contributed by atoms with Crippen molar-refractivity contribution in [3.63, 3.8) is 0 Å². The van der Waals surface area contributed by atoms with Crippen molar-refractivity contribution >= 4 is 22.6 Å². The molecule has 5 nitrogen and oxygen atoms in total. The van der Waals surface area contributed by atoms with Gasteiger partial charge in [0.15, 0.2) is 0 Å². The Morgan fingerprint density at radius 1 is 1.39 bits per heavy atom. The summed E-state index contributed by atoms with van der Waals surface area (Å²) < 4.78 is 4.47. The molecule has 1 saturated heterocycles. The number of hydrogen-bond donors (Lipinski definition) is 1. The van der Waals surface area contributed by atoms with E-state index in [-0.39, 0.29) is 18.0 Å². The SMILES string of the molecule is CC(C)NC(=O)C1CCCN1c1nc(Cc2ccccc2)ns1. The monoisotopic (exact) mass is 330 g/mol. The fourth-order valence-electron chi connectivity index (χ4n) is 2.86. The van der Waals surface area contributed by atoms with Crippen LogP contribution in [0.5, 0.6) is 0 Å². The molecule has 1 N–H and O–H groups in total. The number of carbonyl (C=O) groups is 1. The number of aromatic nitrogens is 2. The summed E-state index contributed by atoms with van der Waals surface area (Å²) in [6.07, 6.45) is 2.63. The number of nitrogens with zero attached hydrogens (tertiary/aromatic N) is 3. The van der Waals surface area contributed by atoms with Crippen molar-refractivity contribution in [2.45, 2.75) is 45.2 Å². The molecule has 0 radical (unpaired) electrons. The zero-order valence-corrected chi connectivity index (χ0v) is 14.3. The average Bonchev–Trinajstić information content (AvgIpc) is 3.16. The molecule has 2 heterocycles. The molecule has 2 aromatic rings. The summed E-state index contributed by atoms with van der Waals surface area (Å²) >= 11 is 1.39. The molecule has 1 aromatic carbocycles. The van der Waals surface area contributed by atoms with E-state index in [1.165, 1.54) is 17.1 Å². The lowest BCUT2D eigenvalue weighted by molar-refractivity contribution is -0.122. The summed E-state index contributed by atoms with van der Waals surface area (Å²) in [6, 6.07) is 10.3. The van der Waals surface area contributed by atoms with Gasteiger partial charge in [0.1, 0.15) is 11.9 Å². The van der Waals surface area contributed by atoms with Crippen LogP contribution in [0.3, 0.4) is 0 Å². The number of rotatable bonds is 5. The minimum Gasteiger partial charge on any atom is -0.352 e. The van der Waals surface area contributed by atoms with Crippen LogP contribution in [0.25, 0.3) is 0 Å². The molecule has 1 amide bonds. The van der Waals surface area contributed by atoms with Gasteiger partial charge >= 0.3 is 0 Å². The summed E-state index contributed by atoms with van der Waals surface area (Å²) in [4.78, 5) is 19.1. The number of benzene rings is 1. The number of hydrogen-bond acceptors (Lipinski definition) is 5. The van der Waals surface area contributed by atoms with Gasteiger partial charge in [0.25, 0.3) is 0 Å². The van der Waals surface area contributed by atoms with Crippen molar-refractivity contribution in [3.8, 4) is 0 Å². The minimum absolute atomic E-state index is 0.0947. The highest BCUT2D eigenvalue weighted by Crippen LogP contribution is 2.27. The highest BCUT2D eigenvalue weighted by Gasteiger charge is 2.33. The summed E-state index contributed by atoms with van der Waals surface area (Å²) in [6.45, 7) is 4.84. The first kappa shape index (κ1) is 15.9. The Bertz CT molecular complexity index is 656. The van der Waals surface area contributed by atoms with Gasteiger partial charge in [-0.05, 0) is 32.3 Å². The third kappa shape index (κ3) is 3.88. The third-order valence-electron chi connectivity index (χ3n) is 3.89. The second kappa shape index (κ2) is 7.08. The molecule has 122 valence electrons. The first-order chi connectivity index (χ1) is 11.1. The predicted molar refractivity (Wildman–Crippen MR) is 92.8 cm³/mol. The van der Waals surface area contributed by atoms with E-state index in [2.05, 4.69) is 31.7 Å². The van der Waals surface area contributed by atoms with E-state index in [9.17, 15) is 4.79 Å². The van der Waals surface area contributed by atoms with Crippen molar-refractivity contribution < 1.29 is 4.79 Å². The van der Waals surface area contributed by atoms with Gasteiger partial charge < -0.3 is 10.2 Å². The Morgan fingerprint density at radius 3 is 2.91 bits per heavy atom. The first-order valence-electron chi connectivity index (χ1n) is 8.07. The van der Waals surface area contributed by atoms with Crippen LogP contribution in [0.1, 0.15) is 38.1 Å². The van der Waals surface area contributed by atoms with E-state index < -0.39 is 0 Å². The van der Waals surface area contributed by atoms with Crippen molar-refractivity contribution in [1.82, 2.24) is 14.7 Å². The fourth-order valence-corrected chi connectivity index (χ4v) is 3.62. The third-order valence-corrected chi connectivity index (χ3v) is 4.69. The quantitative estimate of drug-likeness (QED) is 0.915. The lowest BCUT2D eigenvalue weighted by Crippen LogP contribution is -2.45. The Hall–Kier alpha value is -1.95. The highest BCUT2D eigenvalue weighted by atomic mass is 32.1. The van der Waals surface area contributed by atoms with Crippen LogP contribution in [0.2, 0.25) is 0 Å². The maximum absolute atomic E-state index is 12.3. The van der Waals surface area contributed by atoms with Gasteiger partial charge in [-0.1, -0.05) is 30.3 Å². The molecule has 1 atom stereocenters. The Morgan fingerprint density at radius 2 is 2.17 bits per heavy atom. The average molecular weight is 330 g/mol. The molecule has 3 rings (SSSR count). The molecular weight excluding hydrogens is 308 g/mol. The molecule has 0 spiro atoms. The Balaban J connectivity index is 1.70. The highest BCUT2D eigenvalue weighted by molar-refractivity contribution is 7.09. The van der Waals surface area contributed by atoms with Crippen LogP contribution in [0, 0.1) is 0 Å². The summed E-state index contributed by atoms with van der Waals surface area (Å²) in [5.74, 6) is 0.920. The van der Waals surface area contributed by atoms with E-state index in [0.717, 1.165) is 36.8 Å². The fraction of sp³-hybridized carbons (Fsp3) is 0.471. The van der Waals surface area contributed by atoms with Crippen molar-refractivity contribution in [3.05, 3.63) is 41.7 Å². The van der Waals surface area contributed by atoms with Gasteiger partial charge in [0.05, 0.1) is 0 Å². The predicted octanol–water partition coefficient (Wildman–Crippen LogP) is 2.62. The van der Waals surface area contributed by atoms with Gasteiger partial charge in [0, 0.05) is 30.5 Å². The van der Waals surface area contributed by atoms with Crippen molar-refractivity contribution in [1.29, 1.82) is 0 Å². The Kier molecular flexibility index (Phi) is 4.91.